The molecular formula is C11H22N2O2. The molecule has 0 bridgehead atoms. The molecule has 0 radical (unpaired) electrons. The monoisotopic (exact) mass is 214 g/mol. The first kappa shape index (κ1) is 13.9. The van der Waals surface area contributed by atoms with Gasteiger partial charge in [-0.25, -0.2) is 0 Å². The summed E-state index contributed by atoms with van der Waals surface area (Å²) in [6, 6.07) is 0.495. The summed E-state index contributed by atoms with van der Waals surface area (Å²) in [4.78, 5) is 19.8. The Labute approximate surface area is 91.6 Å². The average molecular weight is 214 g/mol. The maximum atomic E-state index is 11.2. The Kier molecular flexibility index (Phi) is 8.82. The van der Waals surface area contributed by atoms with Crippen LogP contribution in [-0.4, -0.2) is 18.4 Å². The number of amides is 2. The summed E-state index contributed by atoms with van der Waals surface area (Å²) in [5.41, 5.74) is 4.17. The molecule has 3 N–H and O–H groups in total. The second kappa shape index (κ2) is 9.49. The van der Waals surface area contributed by atoms with E-state index < -0.39 is 0 Å². The van der Waals surface area contributed by atoms with Crippen LogP contribution in [0.3, 0.4) is 0 Å². The molecule has 0 heterocycles. The minimum atomic E-state index is 0.250. The van der Waals surface area contributed by atoms with Crippen LogP contribution in [0.15, 0.2) is 0 Å². The van der Waals surface area contributed by atoms with Gasteiger partial charge >= 0.3 is 0 Å². The third kappa shape index (κ3) is 7.97. The highest BCUT2D eigenvalue weighted by molar-refractivity contribution is 5.76. The molecule has 4 heteroatoms. The van der Waals surface area contributed by atoms with Crippen LogP contribution in [0.2, 0.25) is 0 Å². The first-order valence-electron chi connectivity index (χ1n) is 5.69. The Morgan fingerprint density at radius 1 is 1.47 bits per heavy atom. The van der Waals surface area contributed by atoms with Crippen LogP contribution >= 0.6 is 0 Å². The minimum absolute atomic E-state index is 0.250. The number of nitrogens with two attached hydrogens (primary N) is 1. The van der Waals surface area contributed by atoms with E-state index in [2.05, 4.69) is 18.0 Å². The molecule has 2 amide bonds. The predicted molar refractivity (Wildman–Crippen MR) is 60.2 cm³/mol. The molecule has 0 aromatic heterocycles. The molecular weight excluding hydrogens is 192 g/mol. The van der Waals surface area contributed by atoms with Gasteiger partial charge in [-0.1, -0.05) is 26.2 Å². The van der Waals surface area contributed by atoms with E-state index in [1.54, 1.807) is 0 Å². The smallest absolute Gasteiger partial charge is 0.220 e. The van der Waals surface area contributed by atoms with E-state index in [0.717, 1.165) is 12.8 Å². The summed E-state index contributed by atoms with van der Waals surface area (Å²) in [6.07, 6.45) is 8.07. The van der Waals surface area contributed by atoms with Crippen LogP contribution in [0.25, 0.3) is 0 Å². The lowest BCUT2D eigenvalue weighted by Gasteiger charge is -2.10. The third-order valence-corrected chi connectivity index (χ3v) is 2.48. The highest BCUT2D eigenvalue weighted by Gasteiger charge is 2.16. The van der Waals surface area contributed by atoms with Crippen LogP contribution in [0.1, 0.15) is 51.9 Å². The second-order valence-corrected chi connectivity index (χ2v) is 3.79. The summed E-state index contributed by atoms with van der Waals surface area (Å²) in [5.74, 6) is 0.253. The number of hydrogen-bond acceptors (Lipinski definition) is 2. The molecule has 1 fully saturated rings. The van der Waals surface area contributed by atoms with Gasteiger partial charge < -0.3 is 11.1 Å². The fraction of sp³-hybridized carbons (Fsp3) is 0.818. The fourth-order valence-corrected chi connectivity index (χ4v) is 1.71. The quantitative estimate of drug-likeness (QED) is 0.693. The van der Waals surface area contributed by atoms with Gasteiger partial charge in [0.25, 0.3) is 0 Å². The van der Waals surface area contributed by atoms with Crippen molar-refractivity contribution < 1.29 is 9.59 Å². The van der Waals surface area contributed by atoms with Gasteiger partial charge in [0.05, 0.1) is 0 Å². The van der Waals surface area contributed by atoms with Gasteiger partial charge in [-0.3, -0.25) is 9.59 Å². The lowest BCUT2D eigenvalue weighted by atomic mass is 10.2. The van der Waals surface area contributed by atoms with E-state index in [9.17, 15) is 4.79 Å². The van der Waals surface area contributed by atoms with E-state index in [1.165, 1.54) is 25.7 Å². The largest absolute Gasteiger partial charge is 0.372 e. The molecule has 1 aliphatic rings. The average Bonchev–Trinajstić information content (AvgIpc) is 2.68. The van der Waals surface area contributed by atoms with Gasteiger partial charge in [0.2, 0.25) is 12.3 Å². The molecule has 4 nitrogen and oxygen atoms in total. The zero-order valence-electron chi connectivity index (χ0n) is 9.50. The number of carbonyl (C=O) groups excluding carboxylic acids is 2. The number of unbranched alkanes of at least 4 members (excludes halogenated alkanes) is 1. The topological polar surface area (TPSA) is 72.2 Å². The van der Waals surface area contributed by atoms with Crippen molar-refractivity contribution in [2.75, 3.05) is 0 Å². The summed E-state index contributed by atoms with van der Waals surface area (Å²) in [7, 11) is 0. The summed E-state index contributed by atoms with van der Waals surface area (Å²) in [5, 5.41) is 3.07. The maximum absolute atomic E-state index is 11.2. The van der Waals surface area contributed by atoms with E-state index >= 15 is 0 Å². The summed E-state index contributed by atoms with van der Waals surface area (Å²) in [6.45, 7) is 2.11. The molecule has 0 saturated heterocycles. The lowest BCUT2D eigenvalue weighted by Crippen LogP contribution is -2.32. The molecule has 0 aromatic rings. The fourth-order valence-electron chi connectivity index (χ4n) is 1.71. The predicted octanol–water partition coefficient (Wildman–Crippen LogP) is 1.34. The highest BCUT2D eigenvalue weighted by Crippen LogP contribution is 2.17. The number of nitrogens with one attached hydrogen (secondary N) is 1. The van der Waals surface area contributed by atoms with Crippen molar-refractivity contribution in [1.82, 2.24) is 5.32 Å². The number of primary amides is 1. The summed E-state index contributed by atoms with van der Waals surface area (Å²) < 4.78 is 0. The SMILES string of the molecule is CCCCC(=O)NC1CCCC1.NC=O. The van der Waals surface area contributed by atoms with Gasteiger partial charge in [0, 0.05) is 12.5 Å². The van der Waals surface area contributed by atoms with Crippen LogP contribution < -0.4 is 11.1 Å². The molecule has 0 unspecified atom stereocenters. The first-order chi connectivity index (χ1) is 7.24. The molecule has 0 aliphatic heterocycles. The minimum Gasteiger partial charge on any atom is -0.372 e. The van der Waals surface area contributed by atoms with Crippen LogP contribution in [-0.2, 0) is 9.59 Å². The molecule has 88 valence electrons. The third-order valence-electron chi connectivity index (χ3n) is 2.48. The van der Waals surface area contributed by atoms with Crippen molar-refractivity contribution in [3.8, 4) is 0 Å². The van der Waals surface area contributed by atoms with E-state index in [0.29, 0.717) is 12.5 Å². The van der Waals surface area contributed by atoms with Crippen LogP contribution in [0.4, 0.5) is 0 Å². The van der Waals surface area contributed by atoms with Crippen molar-refractivity contribution >= 4 is 12.3 Å². The Morgan fingerprint density at radius 3 is 2.47 bits per heavy atom. The first-order valence-corrected chi connectivity index (χ1v) is 5.69. The summed E-state index contributed by atoms with van der Waals surface area (Å²) >= 11 is 0. The molecule has 1 rings (SSSR count). The van der Waals surface area contributed by atoms with Crippen LogP contribution in [0.5, 0.6) is 0 Å². The molecule has 1 aliphatic carbocycles. The Hall–Kier alpha value is -1.06. The molecule has 1 saturated carbocycles. The zero-order valence-corrected chi connectivity index (χ0v) is 9.50. The molecule has 0 spiro atoms. The van der Waals surface area contributed by atoms with Gasteiger partial charge in [-0.05, 0) is 19.3 Å². The maximum Gasteiger partial charge on any atom is 0.220 e. The normalized spacial score (nSPS) is 15.3. The molecule has 15 heavy (non-hydrogen) atoms. The standard InChI is InChI=1S/C10H19NO.CH3NO/c1-2-3-8-10(12)11-9-6-4-5-7-9;2-1-3/h9H,2-8H2,1H3,(H,11,12);1H,(H2,2,3). The number of carbonyl (C=O) groups is 2. The number of hydrogen-bond donors (Lipinski definition) is 2. The molecule has 0 aromatic carbocycles. The van der Waals surface area contributed by atoms with Crippen LogP contribution in [0, 0.1) is 0 Å². The van der Waals surface area contributed by atoms with E-state index in [1.807, 2.05) is 0 Å². The van der Waals surface area contributed by atoms with E-state index in [-0.39, 0.29) is 12.3 Å². The zero-order chi connectivity index (χ0) is 11.5. The van der Waals surface area contributed by atoms with Crippen molar-refractivity contribution in [2.45, 2.75) is 57.9 Å². The van der Waals surface area contributed by atoms with E-state index in [4.69, 9.17) is 4.79 Å². The second-order valence-electron chi connectivity index (χ2n) is 3.79. The van der Waals surface area contributed by atoms with Gasteiger partial charge in [-0.2, -0.15) is 0 Å². The van der Waals surface area contributed by atoms with Gasteiger partial charge in [-0.15, -0.1) is 0 Å². The van der Waals surface area contributed by atoms with Gasteiger partial charge in [0.15, 0.2) is 0 Å². The van der Waals surface area contributed by atoms with Crippen molar-refractivity contribution in [1.29, 1.82) is 0 Å². The van der Waals surface area contributed by atoms with Crippen molar-refractivity contribution in [2.24, 2.45) is 5.73 Å². The van der Waals surface area contributed by atoms with Crippen molar-refractivity contribution in [3.05, 3.63) is 0 Å². The Morgan fingerprint density at radius 2 is 2.00 bits per heavy atom. The lowest BCUT2D eigenvalue weighted by molar-refractivity contribution is -0.121. The molecule has 0 atom stereocenters. The Balaban J connectivity index is 0.000000583. The highest BCUT2D eigenvalue weighted by atomic mass is 16.1. The number of rotatable bonds is 4. The van der Waals surface area contributed by atoms with Gasteiger partial charge in [0.1, 0.15) is 0 Å². The van der Waals surface area contributed by atoms with Crippen molar-refractivity contribution in [3.63, 3.8) is 0 Å². The Bertz CT molecular complexity index is 177.